The molecular weight excluding hydrogens is 240 g/mol. The molecule has 4 saturated carbocycles. The standard InChI is InChI=1S/C16H28OS/c1-12(10-17)11-18-3-2-16-7-13-4-14(8-16)6-15(5-13)9-16/h12-15,17H,2-11H2,1H3. The van der Waals surface area contributed by atoms with E-state index in [9.17, 15) is 0 Å². The van der Waals surface area contributed by atoms with Gasteiger partial charge < -0.3 is 5.11 Å². The Hall–Kier alpha value is 0.310. The second kappa shape index (κ2) is 5.36. The zero-order valence-corrected chi connectivity index (χ0v) is 12.6. The van der Waals surface area contributed by atoms with Crippen LogP contribution in [-0.2, 0) is 0 Å². The van der Waals surface area contributed by atoms with Crippen LogP contribution in [0.1, 0.15) is 51.9 Å². The van der Waals surface area contributed by atoms with Crippen LogP contribution >= 0.6 is 11.8 Å². The third-order valence-electron chi connectivity index (χ3n) is 5.66. The molecule has 1 nitrogen and oxygen atoms in total. The third-order valence-corrected chi connectivity index (χ3v) is 6.95. The van der Waals surface area contributed by atoms with Crippen molar-refractivity contribution >= 4 is 11.8 Å². The van der Waals surface area contributed by atoms with E-state index in [1.807, 2.05) is 0 Å². The maximum absolute atomic E-state index is 9.05. The summed E-state index contributed by atoms with van der Waals surface area (Å²) in [4.78, 5) is 0. The van der Waals surface area contributed by atoms with Crippen LogP contribution in [0.4, 0.5) is 0 Å². The molecule has 104 valence electrons. The van der Waals surface area contributed by atoms with Crippen LogP contribution in [0.15, 0.2) is 0 Å². The number of aliphatic hydroxyl groups excluding tert-OH is 1. The molecule has 18 heavy (non-hydrogen) atoms. The van der Waals surface area contributed by atoms with Crippen molar-refractivity contribution in [3.63, 3.8) is 0 Å². The lowest BCUT2D eigenvalue weighted by atomic mass is 9.49. The first-order valence-electron chi connectivity index (χ1n) is 7.88. The SMILES string of the molecule is CC(CO)CSCCC12CC3CC(CC(C3)C1)C2. The quantitative estimate of drug-likeness (QED) is 0.736. The molecule has 0 radical (unpaired) electrons. The van der Waals surface area contributed by atoms with Crippen molar-refractivity contribution in [3.05, 3.63) is 0 Å². The van der Waals surface area contributed by atoms with Gasteiger partial charge in [-0.25, -0.2) is 0 Å². The molecule has 0 aromatic carbocycles. The van der Waals surface area contributed by atoms with Crippen LogP contribution in [-0.4, -0.2) is 23.2 Å². The molecule has 4 aliphatic rings. The van der Waals surface area contributed by atoms with Crippen molar-refractivity contribution in [2.45, 2.75) is 51.9 Å². The van der Waals surface area contributed by atoms with Gasteiger partial charge in [-0.3, -0.25) is 0 Å². The molecule has 1 unspecified atom stereocenters. The minimum Gasteiger partial charge on any atom is -0.396 e. The van der Waals surface area contributed by atoms with Gasteiger partial charge >= 0.3 is 0 Å². The Bertz CT molecular complexity index is 254. The van der Waals surface area contributed by atoms with Crippen LogP contribution in [0.5, 0.6) is 0 Å². The fourth-order valence-electron chi connectivity index (χ4n) is 5.22. The van der Waals surface area contributed by atoms with Crippen molar-refractivity contribution < 1.29 is 5.11 Å². The molecule has 0 aromatic rings. The molecule has 4 aliphatic carbocycles. The highest BCUT2D eigenvalue weighted by molar-refractivity contribution is 7.99. The van der Waals surface area contributed by atoms with E-state index >= 15 is 0 Å². The minimum atomic E-state index is 0.352. The maximum Gasteiger partial charge on any atom is 0.0464 e. The fraction of sp³-hybridized carbons (Fsp3) is 1.00. The number of thioether (sulfide) groups is 1. The smallest absolute Gasteiger partial charge is 0.0464 e. The van der Waals surface area contributed by atoms with Gasteiger partial charge in [-0.2, -0.15) is 11.8 Å². The second-order valence-corrected chi connectivity index (χ2v) is 8.68. The van der Waals surface area contributed by atoms with Crippen molar-refractivity contribution in [2.24, 2.45) is 29.1 Å². The average Bonchev–Trinajstić information content (AvgIpc) is 2.32. The monoisotopic (exact) mass is 268 g/mol. The summed E-state index contributed by atoms with van der Waals surface area (Å²) in [6.07, 6.45) is 10.8. The van der Waals surface area contributed by atoms with E-state index in [-0.39, 0.29) is 0 Å². The van der Waals surface area contributed by atoms with Gasteiger partial charge in [0.15, 0.2) is 0 Å². The largest absolute Gasteiger partial charge is 0.396 e. The van der Waals surface area contributed by atoms with E-state index in [1.54, 1.807) is 38.5 Å². The van der Waals surface area contributed by atoms with Crippen LogP contribution in [0, 0.1) is 29.1 Å². The van der Waals surface area contributed by atoms with Gasteiger partial charge in [0.25, 0.3) is 0 Å². The predicted molar refractivity (Wildman–Crippen MR) is 78.8 cm³/mol. The maximum atomic E-state index is 9.05. The molecule has 0 saturated heterocycles. The minimum absolute atomic E-state index is 0.352. The Morgan fingerprint density at radius 2 is 1.67 bits per heavy atom. The van der Waals surface area contributed by atoms with Crippen LogP contribution in [0.25, 0.3) is 0 Å². The number of hydrogen-bond acceptors (Lipinski definition) is 2. The van der Waals surface area contributed by atoms with E-state index in [1.165, 1.54) is 12.2 Å². The van der Waals surface area contributed by atoms with Gasteiger partial charge in [0, 0.05) is 6.61 Å². The Labute approximate surface area is 116 Å². The van der Waals surface area contributed by atoms with Crippen molar-refractivity contribution in [1.29, 1.82) is 0 Å². The van der Waals surface area contributed by atoms with Crippen LogP contribution in [0.3, 0.4) is 0 Å². The van der Waals surface area contributed by atoms with Crippen LogP contribution in [0.2, 0.25) is 0 Å². The first-order valence-corrected chi connectivity index (χ1v) is 9.03. The molecule has 0 heterocycles. The lowest BCUT2D eigenvalue weighted by molar-refractivity contribution is -0.0538. The van der Waals surface area contributed by atoms with E-state index in [2.05, 4.69) is 18.7 Å². The topological polar surface area (TPSA) is 20.2 Å². The summed E-state index contributed by atoms with van der Waals surface area (Å²) in [6, 6.07) is 0. The summed E-state index contributed by atoms with van der Waals surface area (Å²) in [5.74, 6) is 6.23. The Morgan fingerprint density at radius 3 is 2.17 bits per heavy atom. The summed E-state index contributed by atoms with van der Waals surface area (Å²) < 4.78 is 0. The first kappa shape index (κ1) is 13.3. The van der Waals surface area contributed by atoms with Crippen molar-refractivity contribution in [2.75, 3.05) is 18.1 Å². The molecule has 0 amide bonds. The van der Waals surface area contributed by atoms with Gasteiger partial charge in [-0.15, -0.1) is 0 Å². The molecule has 0 spiro atoms. The van der Waals surface area contributed by atoms with Gasteiger partial charge in [-0.05, 0) is 85.5 Å². The number of aliphatic hydroxyl groups is 1. The zero-order valence-electron chi connectivity index (χ0n) is 11.7. The zero-order chi connectivity index (χ0) is 12.6. The number of hydrogen-bond donors (Lipinski definition) is 1. The Morgan fingerprint density at radius 1 is 1.11 bits per heavy atom. The highest BCUT2D eigenvalue weighted by Crippen LogP contribution is 2.61. The molecule has 0 aliphatic heterocycles. The van der Waals surface area contributed by atoms with Gasteiger partial charge in [0.1, 0.15) is 0 Å². The summed E-state index contributed by atoms with van der Waals surface area (Å²) in [6.45, 7) is 2.50. The lowest BCUT2D eigenvalue weighted by Crippen LogP contribution is -2.46. The summed E-state index contributed by atoms with van der Waals surface area (Å²) in [5.41, 5.74) is 0.754. The van der Waals surface area contributed by atoms with Gasteiger partial charge in [0.2, 0.25) is 0 Å². The summed E-state index contributed by atoms with van der Waals surface area (Å²) >= 11 is 2.07. The normalized spacial score (nSPS) is 43.3. The van der Waals surface area contributed by atoms with Gasteiger partial charge in [0.05, 0.1) is 0 Å². The van der Waals surface area contributed by atoms with Crippen LogP contribution < -0.4 is 0 Å². The fourth-order valence-corrected chi connectivity index (χ4v) is 6.47. The molecule has 4 bridgehead atoms. The molecule has 0 aromatic heterocycles. The lowest BCUT2D eigenvalue weighted by Gasteiger charge is -2.57. The average molecular weight is 268 g/mol. The highest BCUT2D eigenvalue weighted by atomic mass is 32.2. The Kier molecular flexibility index (Phi) is 3.96. The van der Waals surface area contributed by atoms with E-state index in [0.29, 0.717) is 12.5 Å². The highest BCUT2D eigenvalue weighted by Gasteiger charge is 2.50. The van der Waals surface area contributed by atoms with Gasteiger partial charge in [-0.1, -0.05) is 6.92 Å². The summed E-state index contributed by atoms with van der Waals surface area (Å²) in [7, 11) is 0. The predicted octanol–water partition coefficient (Wildman–Crippen LogP) is 3.95. The van der Waals surface area contributed by atoms with Crippen molar-refractivity contribution in [1.82, 2.24) is 0 Å². The molecular formula is C16H28OS. The van der Waals surface area contributed by atoms with Crippen molar-refractivity contribution in [3.8, 4) is 0 Å². The molecule has 4 rings (SSSR count). The molecule has 1 N–H and O–H groups in total. The molecule has 1 atom stereocenters. The first-order chi connectivity index (χ1) is 8.69. The van der Waals surface area contributed by atoms with E-state index < -0.39 is 0 Å². The summed E-state index contributed by atoms with van der Waals surface area (Å²) in [5, 5.41) is 9.05. The molecule has 2 heteroatoms. The molecule has 4 fully saturated rings. The second-order valence-electron chi connectivity index (χ2n) is 7.53. The van der Waals surface area contributed by atoms with E-state index in [0.717, 1.165) is 28.9 Å². The number of rotatable bonds is 6. The van der Waals surface area contributed by atoms with E-state index in [4.69, 9.17) is 5.11 Å². The third kappa shape index (κ3) is 2.75. The Balaban J connectivity index is 1.47.